The molecule has 4 nitrogen and oxygen atoms in total. The van der Waals surface area contributed by atoms with Gasteiger partial charge in [-0.2, -0.15) is 5.10 Å². The molecule has 0 bridgehead atoms. The van der Waals surface area contributed by atoms with Crippen molar-refractivity contribution in [1.82, 2.24) is 14.7 Å². The van der Waals surface area contributed by atoms with Gasteiger partial charge in [-0.05, 0) is 36.1 Å². The first-order valence-corrected chi connectivity index (χ1v) is 6.65. The summed E-state index contributed by atoms with van der Waals surface area (Å²) in [4.78, 5) is 13.1. The molecule has 4 heteroatoms. The lowest BCUT2D eigenvalue weighted by Crippen LogP contribution is -2.39. The zero-order valence-electron chi connectivity index (χ0n) is 11.0. The van der Waals surface area contributed by atoms with Crippen molar-refractivity contribution in [2.24, 2.45) is 0 Å². The summed E-state index contributed by atoms with van der Waals surface area (Å²) < 4.78 is 1.90. The summed E-state index contributed by atoms with van der Waals surface area (Å²) in [6, 6.07) is 8.45. The first-order chi connectivity index (χ1) is 9.33. The Morgan fingerprint density at radius 3 is 3.00 bits per heavy atom. The topological polar surface area (TPSA) is 38.1 Å². The molecule has 3 rings (SSSR count). The molecule has 2 aromatic rings. The van der Waals surface area contributed by atoms with Gasteiger partial charge >= 0.3 is 0 Å². The van der Waals surface area contributed by atoms with Crippen LogP contribution in [0.5, 0.6) is 0 Å². The standard InChI is InChI=1S/C15H17N3O/c1-2-13-9-14-12(10-17(13)11-19)5-3-6-15(14)18-8-4-7-16-18/h3-8,11,13H,2,9-10H2,1H3. The monoisotopic (exact) mass is 255 g/mol. The molecule has 19 heavy (non-hydrogen) atoms. The average molecular weight is 255 g/mol. The van der Waals surface area contributed by atoms with E-state index >= 15 is 0 Å². The number of carbonyl (C=O) groups is 1. The minimum atomic E-state index is 0.293. The first kappa shape index (κ1) is 12.0. The molecule has 1 atom stereocenters. The molecule has 1 aromatic heterocycles. The molecule has 0 radical (unpaired) electrons. The number of amides is 1. The van der Waals surface area contributed by atoms with E-state index in [1.807, 2.05) is 27.9 Å². The van der Waals surface area contributed by atoms with E-state index in [2.05, 4.69) is 24.2 Å². The van der Waals surface area contributed by atoms with Gasteiger partial charge in [-0.3, -0.25) is 4.79 Å². The molecule has 0 aliphatic carbocycles. The van der Waals surface area contributed by atoms with Crippen LogP contribution in [0.15, 0.2) is 36.7 Å². The number of benzene rings is 1. The Labute approximate surface area is 112 Å². The lowest BCUT2D eigenvalue weighted by molar-refractivity contribution is -0.121. The van der Waals surface area contributed by atoms with Gasteiger partial charge < -0.3 is 4.90 Å². The summed E-state index contributed by atoms with van der Waals surface area (Å²) in [7, 11) is 0. The van der Waals surface area contributed by atoms with Gasteiger partial charge in [0.2, 0.25) is 6.41 Å². The van der Waals surface area contributed by atoms with Crippen LogP contribution in [-0.2, 0) is 17.8 Å². The predicted molar refractivity (Wildman–Crippen MR) is 73.0 cm³/mol. The molecule has 0 saturated carbocycles. The van der Waals surface area contributed by atoms with Gasteiger partial charge in [0.1, 0.15) is 0 Å². The average Bonchev–Trinajstić information content (AvgIpc) is 2.99. The van der Waals surface area contributed by atoms with Crippen LogP contribution in [0, 0.1) is 0 Å². The first-order valence-electron chi connectivity index (χ1n) is 6.65. The lowest BCUT2D eigenvalue weighted by atomic mass is 9.91. The summed E-state index contributed by atoms with van der Waals surface area (Å²) in [5, 5.41) is 4.32. The van der Waals surface area contributed by atoms with Crippen LogP contribution in [0.2, 0.25) is 0 Å². The molecular formula is C15H17N3O. The molecule has 1 unspecified atom stereocenters. The third-order valence-corrected chi connectivity index (χ3v) is 3.87. The fourth-order valence-corrected chi connectivity index (χ4v) is 2.81. The summed E-state index contributed by atoms with van der Waals surface area (Å²) in [5.74, 6) is 0. The van der Waals surface area contributed by atoms with Gasteiger partial charge in [0, 0.05) is 25.0 Å². The molecule has 0 fully saturated rings. The highest BCUT2D eigenvalue weighted by atomic mass is 16.1. The van der Waals surface area contributed by atoms with Gasteiger partial charge in [0.15, 0.2) is 0 Å². The van der Waals surface area contributed by atoms with Crippen LogP contribution in [0.3, 0.4) is 0 Å². The van der Waals surface area contributed by atoms with Crippen molar-refractivity contribution in [3.05, 3.63) is 47.8 Å². The van der Waals surface area contributed by atoms with Crippen LogP contribution in [0.25, 0.3) is 5.69 Å². The van der Waals surface area contributed by atoms with E-state index in [0.29, 0.717) is 12.6 Å². The third kappa shape index (κ3) is 2.03. The number of hydrogen-bond donors (Lipinski definition) is 0. The fourth-order valence-electron chi connectivity index (χ4n) is 2.81. The molecule has 2 heterocycles. The number of nitrogens with zero attached hydrogens (tertiary/aromatic N) is 3. The summed E-state index contributed by atoms with van der Waals surface area (Å²) in [5.41, 5.74) is 3.67. The molecule has 1 amide bonds. The maximum absolute atomic E-state index is 11.2. The highest BCUT2D eigenvalue weighted by molar-refractivity contribution is 5.53. The van der Waals surface area contributed by atoms with Gasteiger partial charge in [0.05, 0.1) is 5.69 Å². The molecule has 0 N–H and O–H groups in total. The Morgan fingerprint density at radius 1 is 1.42 bits per heavy atom. The van der Waals surface area contributed by atoms with E-state index in [4.69, 9.17) is 0 Å². The van der Waals surface area contributed by atoms with Crippen molar-refractivity contribution in [2.45, 2.75) is 32.4 Å². The molecule has 1 aliphatic rings. The normalized spacial score (nSPS) is 18.2. The van der Waals surface area contributed by atoms with E-state index in [1.165, 1.54) is 11.1 Å². The highest BCUT2D eigenvalue weighted by Crippen LogP contribution is 2.28. The van der Waals surface area contributed by atoms with Crippen molar-refractivity contribution in [3.63, 3.8) is 0 Å². The van der Waals surface area contributed by atoms with Gasteiger partial charge in [-0.15, -0.1) is 0 Å². The van der Waals surface area contributed by atoms with E-state index < -0.39 is 0 Å². The molecule has 1 aliphatic heterocycles. The molecular weight excluding hydrogens is 238 g/mol. The zero-order chi connectivity index (χ0) is 13.2. The molecule has 98 valence electrons. The van der Waals surface area contributed by atoms with Crippen molar-refractivity contribution < 1.29 is 4.79 Å². The van der Waals surface area contributed by atoms with Crippen molar-refractivity contribution in [1.29, 1.82) is 0 Å². The maximum Gasteiger partial charge on any atom is 0.210 e. The van der Waals surface area contributed by atoms with Crippen LogP contribution in [-0.4, -0.2) is 27.1 Å². The lowest BCUT2D eigenvalue weighted by Gasteiger charge is -2.34. The van der Waals surface area contributed by atoms with Crippen LogP contribution < -0.4 is 0 Å². The number of rotatable bonds is 3. The third-order valence-electron chi connectivity index (χ3n) is 3.87. The molecule has 0 spiro atoms. The quantitative estimate of drug-likeness (QED) is 0.788. The largest absolute Gasteiger partial charge is 0.338 e. The number of aromatic nitrogens is 2. The minimum Gasteiger partial charge on any atom is -0.338 e. The molecule has 1 aromatic carbocycles. The van der Waals surface area contributed by atoms with Crippen LogP contribution in [0.1, 0.15) is 24.5 Å². The summed E-state index contributed by atoms with van der Waals surface area (Å²) in [6.45, 7) is 2.83. The van der Waals surface area contributed by atoms with Gasteiger partial charge in [0.25, 0.3) is 0 Å². The Bertz CT molecular complexity index is 577. The van der Waals surface area contributed by atoms with E-state index in [-0.39, 0.29) is 0 Å². The predicted octanol–water partition coefficient (Wildman–Crippen LogP) is 2.17. The number of fused-ring (bicyclic) bond motifs is 1. The Hall–Kier alpha value is -2.10. The Morgan fingerprint density at radius 2 is 2.32 bits per heavy atom. The van der Waals surface area contributed by atoms with Crippen molar-refractivity contribution in [3.8, 4) is 5.69 Å². The van der Waals surface area contributed by atoms with Gasteiger partial charge in [-0.1, -0.05) is 19.1 Å². The van der Waals surface area contributed by atoms with Crippen molar-refractivity contribution in [2.75, 3.05) is 0 Å². The van der Waals surface area contributed by atoms with Crippen molar-refractivity contribution >= 4 is 6.41 Å². The van der Waals surface area contributed by atoms with Crippen LogP contribution in [0.4, 0.5) is 0 Å². The fraction of sp³-hybridized carbons (Fsp3) is 0.333. The second-order valence-electron chi connectivity index (χ2n) is 4.91. The Kier molecular flexibility index (Phi) is 3.07. The smallest absolute Gasteiger partial charge is 0.210 e. The van der Waals surface area contributed by atoms with E-state index in [9.17, 15) is 4.79 Å². The maximum atomic E-state index is 11.2. The zero-order valence-corrected chi connectivity index (χ0v) is 11.0. The minimum absolute atomic E-state index is 0.293. The molecule has 0 saturated heterocycles. The summed E-state index contributed by atoms with van der Waals surface area (Å²) >= 11 is 0. The second kappa shape index (κ2) is 4.88. The number of hydrogen-bond acceptors (Lipinski definition) is 2. The van der Waals surface area contributed by atoms with E-state index in [1.54, 1.807) is 6.20 Å². The van der Waals surface area contributed by atoms with Crippen LogP contribution >= 0.6 is 0 Å². The number of carbonyl (C=O) groups excluding carboxylic acids is 1. The summed E-state index contributed by atoms with van der Waals surface area (Å²) in [6.07, 6.45) is 6.60. The Balaban J connectivity index is 2.06. The van der Waals surface area contributed by atoms with E-state index in [0.717, 1.165) is 24.9 Å². The SMILES string of the molecule is CCC1Cc2c(cccc2-n2cccn2)CN1C=O. The highest BCUT2D eigenvalue weighted by Gasteiger charge is 2.25. The van der Waals surface area contributed by atoms with Gasteiger partial charge in [-0.25, -0.2) is 4.68 Å². The second-order valence-corrected chi connectivity index (χ2v) is 4.91.